The molecule has 0 aromatic heterocycles. The average Bonchev–Trinajstić information content (AvgIpc) is 2.26. The first-order valence-corrected chi connectivity index (χ1v) is 6.15. The molecule has 0 unspecified atom stereocenters. The van der Waals surface area contributed by atoms with E-state index in [0.29, 0.717) is 12.2 Å². The summed E-state index contributed by atoms with van der Waals surface area (Å²) < 4.78 is 0. The van der Waals surface area contributed by atoms with Crippen molar-refractivity contribution >= 4 is 34.6 Å². The molecule has 0 saturated carbocycles. The van der Waals surface area contributed by atoms with Crippen LogP contribution >= 0.6 is 23.2 Å². The lowest BCUT2D eigenvalue weighted by molar-refractivity contribution is -0.384. The molecular formula is C11H14Cl2N2O3. The van der Waals surface area contributed by atoms with Gasteiger partial charge in [0.25, 0.3) is 5.69 Å². The number of hydrogen-bond donors (Lipinski definition) is 1. The van der Waals surface area contributed by atoms with Crippen LogP contribution in [0.25, 0.3) is 0 Å². The van der Waals surface area contributed by atoms with Crippen molar-refractivity contribution in [3.05, 3.63) is 32.3 Å². The van der Waals surface area contributed by atoms with Crippen molar-refractivity contribution in [3.8, 4) is 0 Å². The van der Waals surface area contributed by atoms with E-state index in [1.807, 2.05) is 13.8 Å². The van der Waals surface area contributed by atoms with Crippen LogP contribution in [0.5, 0.6) is 0 Å². The lowest BCUT2D eigenvalue weighted by Crippen LogP contribution is -2.33. The summed E-state index contributed by atoms with van der Waals surface area (Å²) in [5.74, 6) is 0. The van der Waals surface area contributed by atoms with Gasteiger partial charge in [0.15, 0.2) is 0 Å². The molecule has 7 heteroatoms. The number of benzene rings is 1. The van der Waals surface area contributed by atoms with Gasteiger partial charge in [-0.25, -0.2) is 0 Å². The Balaban J connectivity index is 3.27. The highest BCUT2D eigenvalue weighted by atomic mass is 35.5. The molecule has 0 atom stereocenters. The van der Waals surface area contributed by atoms with Gasteiger partial charge < -0.3 is 10.0 Å². The maximum atomic E-state index is 10.7. The minimum atomic E-state index is -0.548. The lowest BCUT2D eigenvalue weighted by Gasteiger charge is -2.29. The molecule has 0 aliphatic heterocycles. The van der Waals surface area contributed by atoms with Crippen molar-refractivity contribution in [1.82, 2.24) is 0 Å². The van der Waals surface area contributed by atoms with Crippen LogP contribution in [0.3, 0.4) is 0 Å². The van der Waals surface area contributed by atoms with E-state index < -0.39 is 4.92 Å². The third kappa shape index (κ3) is 3.25. The zero-order valence-corrected chi connectivity index (χ0v) is 11.6. The van der Waals surface area contributed by atoms with Gasteiger partial charge in [-0.2, -0.15) is 0 Å². The highest BCUT2D eigenvalue weighted by molar-refractivity contribution is 6.39. The van der Waals surface area contributed by atoms with E-state index in [2.05, 4.69) is 0 Å². The number of rotatable bonds is 5. The lowest BCUT2D eigenvalue weighted by atomic mass is 10.2. The summed E-state index contributed by atoms with van der Waals surface area (Å²) in [4.78, 5) is 11.9. The van der Waals surface area contributed by atoms with Gasteiger partial charge in [-0.3, -0.25) is 10.1 Å². The molecule has 0 heterocycles. The van der Waals surface area contributed by atoms with E-state index >= 15 is 0 Å². The number of anilines is 1. The average molecular weight is 293 g/mol. The molecule has 1 aromatic rings. The second kappa shape index (κ2) is 6.22. The predicted octanol–water partition coefficient (Wildman–Crippen LogP) is 3.11. The Labute approximate surface area is 115 Å². The van der Waals surface area contributed by atoms with Crippen molar-refractivity contribution < 1.29 is 10.0 Å². The molecule has 0 bridgehead atoms. The third-order valence-corrected chi connectivity index (χ3v) is 3.04. The van der Waals surface area contributed by atoms with Gasteiger partial charge in [-0.1, -0.05) is 23.2 Å². The van der Waals surface area contributed by atoms with Crippen molar-refractivity contribution in [2.45, 2.75) is 19.9 Å². The summed E-state index contributed by atoms with van der Waals surface area (Å²) in [7, 11) is 0. The van der Waals surface area contributed by atoms with Crippen molar-refractivity contribution in [2.75, 3.05) is 18.1 Å². The van der Waals surface area contributed by atoms with Crippen LogP contribution in [0.4, 0.5) is 11.4 Å². The number of nitrogens with zero attached hydrogens (tertiary/aromatic N) is 2. The van der Waals surface area contributed by atoms with Gasteiger partial charge in [-0.15, -0.1) is 0 Å². The second-order valence-electron chi connectivity index (χ2n) is 4.03. The van der Waals surface area contributed by atoms with Gasteiger partial charge in [0.05, 0.1) is 27.3 Å². The largest absolute Gasteiger partial charge is 0.395 e. The van der Waals surface area contributed by atoms with Crippen molar-refractivity contribution in [2.24, 2.45) is 0 Å². The minimum absolute atomic E-state index is 0.0537. The van der Waals surface area contributed by atoms with Gasteiger partial charge in [-0.05, 0) is 13.8 Å². The van der Waals surface area contributed by atoms with Crippen molar-refractivity contribution in [1.29, 1.82) is 0 Å². The molecule has 5 nitrogen and oxygen atoms in total. The Hall–Kier alpha value is -1.04. The van der Waals surface area contributed by atoms with E-state index in [-0.39, 0.29) is 28.4 Å². The fourth-order valence-corrected chi connectivity index (χ4v) is 2.36. The molecule has 0 aliphatic carbocycles. The molecule has 1 aromatic carbocycles. The first-order valence-electron chi connectivity index (χ1n) is 5.39. The van der Waals surface area contributed by atoms with Crippen LogP contribution in [-0.2, 0) is 0 Å². The quantitative estimate of drug-likeness (QED) is 0.669. The monoisotopic (exact) mass is 292 g/mol. The summed E-state index contributed by atoms with van der Waals surface area (Å²) in [6.07, 6.45) is 0. The maximum absolute atomic E-state index is 10.7. The smallest absolute Gasteiger partial charge is 0.272 e. The zero-order chi connectivity index (χ0) is 13.9. The molecule has 1 rings (SSSR count). The summed E-state index contributed by atoms with van der Waals surface area (Å²) in [6, 6.07) is 2.58. The molecular weight excluding hydrogens is 279 g/mol. The number of halogens is 2. The van der Waals surface area contributed by atoms with E-state index in [1.165, 1.54) is 12.1 Å². The molecule has 0 aliphatic rings. The van der Waals surface area contributed by atoms with Gasteiger partial charge in [0.1, 0.15) is 0 Å². The van der Waals surface area contributed by atoms with Crippen molar-refractivity contribution in [3.63, 3.8) is 0 Å². The number of hydrogen-bond acceptors (Lipinski definition) is 4. The summed E-state index contributed by atoms with van der Waals surface area (Å²) in [6.45, 7) is 4.14. The Kier molecular flexibility index (Phi) is 5.19. The minimum Gasteiger partial charge on any atom is -0.395 e. The highest BCUT2D eigenvalue weighted by Gasteiger charge is 2.20. The van der Waals surface area contributed by atoms with E-state index in [9.17, 15) is 10.1 Å². The second-order valence-corrected chi connectivity index (χ2v) is 4.84. The van der Waals surface area contributed by atoms with Gasteiger partial charge in [0, 0.05) is 24.7 Å². The number of nitro groups is 1. The van der Waals surface area contributed by atoms with Crippen LogP contribution in [-0.4, -0.2) is 29.2 Å². The molecule has 1 N–H and O–H groups in total. The third-order valence-electron chi connectivity index (χ3n) is 2.46. The molecule has 0 spiro atoms. The fraction of sp³-hybridized carbons (Fsp3) is 0.455. The molecule has 0 saturated heterocycles. The topological polar surface area (TPSA) is 66.6 Å². The van der Waals surface area contributed by atoms with Gasteiger partial charge in [0.2, 0.25) is 0 Å². The van der Waals surface area contributed by atoms with Gasteiger partial charge >= 0.3 is 0 Å². The van der Waals surface area contributed by atoms with E-state index in [0.717, 1.165) is 0 Å². The van der Waals surface area contributed by atoms with E-state index in [1.54, 1.807) is 4.90 Å². The highest BCUT2D eigenvalue weighted by Crippen LogP contribution is 2.38. The first kappa shape index (κ1) is 15.0. The number of aliphatic hydroxyl groups excluding tert-OH is 1. The maximum Gasteiger partial charge on any atom is 0.272 e. The van der Waals surface area contributed by atoms with E-state index in [4.69, 9.17) is 28.3 Å². The SMILES string of the molecule is CC(C)N(CCO)c1c(Cl)cc([N+](=O)[O-])cc1Cl. The van der Waals surface area contributed by atoms with Crippen LogP contribution in [0.1, 0.15) is 13.8 Å². The fourth-order valence-electron chi connectivity index (χ4n) is 1.67. The predicted molar refractivity (Wildman–Crippen MR) is 72.7 cm³/mol. The summed E-state index contributed by atoms with van der Waals surface area (Å²) in [5.41, 5.74) is 0.356. The molecule has 0 radical (unpaired) electrons. The number of aliphatic hydroxyl groups is 1. The zero-order valence-electron chi connectivity index (χ0n) is 10.1. The summed E-state index contributed by atoms with van der Waals surface area (Å²) >= 11 is 12.1. The van der Waals surface area contributed by atoms with Crippen LogP contribution in [0.2, 0.25) is 10.0 Å². The van der Waals surface area contributed by atoms with Crippen LogP contribution in [0, 0.1) is 10.1 Å². The Morgan fingerprint density at radius 1 is 1.39 bits per heavy atom. The molecule has 100 valence electrons. The molecule has 18 heavy (non-hydrogen) atoms. The number of nitro benzene ring substituents is 1. The Bertz CT molecular complexity index is 429. The molecule has 0 fully saturated rings. The molecule has 0 amide bonds. The normalized spacial score (nSPS) is 10.8. The Morgan fingerprint density at radius 2 is 1.89 bits per heavy atom. The van der Waals surface area contributed by atoms with Crippen LogP contribution in [0.15, 0.2) is 12.1 Å². The summed E-state index contributed by atoms with van der Waals surface area (Å²) in [5, 5.41) is 20.1. The Morgan fingerprint density at radius 3 is 2.22 bits per heavy atom. The number of non-ortho nitro benzene ring substituents is 1. The standard InChI is InChI=1S/C11H14Cl2N2O3/c1-7(2)14(3-4-16)11-9(12)5-8(15(17)18)6-10(11)13/h5-7,16H,3-4H2,1-2H3. The first-order chi connectivity index (χ1) is 8.38. The van der Waals surface area contributed by atoms with Crippen LogP contribution < -0.4 is 4.90 Å².